The third kappa shape index (κ3) is 3.36. The number of nitrogens with one attached hydrogen (secondary N) is 2. The molecule has 7 nitrogen and oxygen atoms in total. The highest BCUT2D eigenvalue weighted by Crippen LogP contribution is 2.41. The Bertz CT molecular complexity index is 990. The van der Waals surface area contributed by atoms with Crippen LogP contribution < -0.4 is 10.9 Å². The van der Waals surface area contributed by atoms with Gasteiger partial charge in [-0.3, -0.25) is 14.4 Å². The molecule has 2 aromatic heterocycles. The highest BCUT2D eigenvalue weighted by atomic mass is 16.2. The molecule has 0 radical (unpaired) electrons. The second-order valence-electron chi connectivity index (χ2n) is 8.94. The number of hydrogen-bond donors (Lipinski definition) is 2. The zero-order valence-electron chi connectivity index (χ0n) is 17.0. The predicted molar refractivity (Wildman–Crippen MR) is 112 cm³/mol. The molecule has 7 heteroatoms. The van der Waals surface area contributed by atoms with Crippen LogP contribution in [0.5, 0.6) is 0 Å². The number of carbonyl (C=O) groups excluding carboxylic acids is 2. The lowest BCUT2D eigenvalue weighted by Crippen LogP contribution is -2.53. The average Bonchev–Trinajstić information content (AvgIpc) is 3.47. The summed E-state index contributed by atoms with van der Waals surface area (Å²) in [6, 6.07) is 8.89. The number of fused-ring (bicyclic) bond motifs is 4. The van der Waals surface area contributed by atoms with E-state index in [9.17, 15) is 14.4 Å². The van der Waals surface area contributed by atoms with Crippen LogP contribution in [-0.4, -0.2) is 45.9 Å². The average molecular weight is 409 g/mol. The van der Waals surface area contributed by atoms with E-state index in [2.05, 4.69) is 10.3 Å². The van der Waals surface area contributed by atoms with Crippen LogP contribution >= 0.6 is 0 Å². The fourth-order valence-electron chi connectivity index (χ4n) is 5.64. The van der Waals surface area contributed by atoms with Crippen LogP contribution in [-0.2, 0) is 4.79 Å². The maximum Gasteiger partial charge on any atom is 0.270 e. The Morgan fingerprint density at radius 1 is 1.10 bits per heavy atom. The Morgan fingerprint density at radius 2 is 1.93 bits per heavy atom. The van der Waals surface area contributed by atoms with Gasteiger partial charge in [-0.25, -0.2) is 0 Å². The number of rotatable bonds is 4. The molecule has 0 aromatic carbocycles. The van der Waals surface area contributed by atoms with Gasteiger partial charge in [-0.05, 0) is 43.4 Å². The molecule has 2 N–H and O–H groups in total. The van der Waals surface area contributed by atoms with E-state index in [0.717, 1.165) is 37.8 Å². The molecular weight excluding hydrogens is 380 g/mol. The number of carbonyl (C=O) groups is 2. The van der Waals surface area contributed by atoms with Crippen LogP contribution in [0.25, 0.3) is 0 Å². The minimum Gasteiger partial charge on any atom is -0.357 e. The molecule has 3 aliphatic rings. The van der Waals surface area contributed by atoms with E-state index in [1.165, 1.54) is 0 Å². The lowest BCUT2D eigenvalue weighted by Gasteiger charge is -2.47. The van der Waals surface area contributed by atoms with Crippen LogP contribution in [0.1, 0.15) is 60.2 Å². The molecule has 3 atom stereocenters. The van der Waals surface area contributed by atoms with Gasteiger partial charge in [-0.1, -0.05) is 18.9 Å². The summed E-state index contributed by atoms with van der Waals surface area (Å²) in [4.78, 5) is 43.3. The van der Waals surface area contributed by atoms with Crippen LogP contribution in [0.2, 0.25) is 0 Å². The molecule has 4 heterocycles. The van der Waals surface area contributed by atoms with Gasteiger partial charge in [-0.2, -0.15) is 0 Å². The molecule has 1 saturated carbocycles. The SMILES string of the molecule is O=C(NC[C@H]1[C@H]2C[C@H](CN(C(=O)c3ccc[nH]3)C2)c2cccc(=O)n21)C1CCCC1. The molecule has 5 rings (SSSR count). The van der Waals surface area contributed by atoms with Gasteiger partial charge in [-0.15, -0.1) is 0 Å². The first-order valence-electron chi connectivity index (χ1n) is 11.0. The van der Waals surface area contributed by atoms with E-state index in [4.69, 9.17) is 0 Å². The third-order valence-electron chi connectivity index (χ3n) is 7.13. The molecule has 0 unspecified atom stereocenters. The van der Waals surface area contributed by atoms with E-state index in [0.29, 0.717) is 25.3 Å². The molecule has 30 heavy (non-hydrogen) atoms. The van der Waals surface area contributed by atoms with Crippen molar-refractivity contribution in [2.75, 3.05) is 19.6 Å². The molecule has 1 saturated heterocycles. The van der Waals surface area contributed by atoms with Crippen molar-refractivity contribution in [3.05, 3.63) is 58.3 Å². The van der Waals surface area contributed by atoms with Crippen molar-refractivity contribution < 1.29 is 9.59 Å². The van der Waals surface area contributed by atoms with E-state index < -0.39 is 0 Å². The lowest BCUT2D eigenvalue weighted by atomic mass is 9.78. The summed E-state index contributed by atoms with van der Waals surface area (Å²) in [6.07, 6.45) is 6.83. The zero-order valence-corrected chi connectivity index (χ0v) is 17.0. The highest BCUT2D eigenvalue weighted by molar-refractivity contribution is 5.92. The predicted octanol–water partition coefficient (Wildman–Crippen LogP) is 2.28. The smallest absolute Gasteiger partial charge is 0.270 e. The minimum atomic E-state index is -0.130. The first-order chi connectivity index (χ1) is 14.6. The zero-order chi connectivity index (χ0) is 20.7. The highest BCUT2D eigenvalue weighted by Gasteiger charge is 2.42. The number of aromatic amines is 1. The van der Waals surface area contributed by atoms with Gasteiger partial charge < -0.3 is 19.8 Å². The Kier molecular flexibility index (Phi) is 4.97. The van der Waals surface area contributed by atoms with Crippen molar-refractivity contribution >= 4 is 11.8 Å². The summed E-state index contributed by atoms with van der Waals surface area (Å²) in [5.74, 6) is 0.480. The van der Waals surface area contributed by atoms with E-state index in [1.807, 2.05) is 21.6 Å². The molecule has 2 bridgehead atoms. The molecule has 0 spiro atoms. The van der Waals surface area contributed by atoms with Gasteiger partial charge in [0.2, 0.25) is 5.91 Å². The number of amides is 2. The van der Waals surface area contributed by atoms with Crippen molar-refractivity contribution in [3.8, 4) is 0 Å². The molecule has 2 amide bonds. The minimum absolute atomic E-state index is 0.00447. The maximum atomic E-state index is 13.0. The fraction of sp³-hybridized carbons (Fsp3) is 0.522. The van der Waals surface area contributed by atoms with Crippen molar-refractivity contribution in [3.63, 3.8) is 0 Å². The number of piperidine rings is 1. The van der Waals surface area contributed by atoms with Crippen molar-refractivity contribution in [1.82, 2.24) is 19.8 Å². The third-order valence-corrected chi connectivity index (χ3v) is 7.13. The summed E-state index contributed by atoms with van der Waals surface area (Å²) in [7, 11) is 0. The number of likely N-dealkylation sites (tertiary alicyclic amines) is 1. The van der Waals surface area contributed by atoms with Crippen LogP contribution in [0.4, 0.5) is 0 Å². The summed E-state index contributed by atoms with van der Waals surface area (Å²) < 4.78 is 1.88. The first kappa shape index (κ1) is 19.2. The molecular formula is C23H28N4O3. The number of aromatic nitrogens is 2. The second kappa shape index (κ2) is 7.78. The number of H-pyrrole nitrogens is 1. The Balaban J connectivity index is 1.41. The van der Waals surface area contributed by atoms with Crippen molar-refractivity contribution in [1.29, 1.82) is 0 Å². The van der Waals surface area contributed by atoms with Gasteiger partial charge in [0.15, 0.2) is 0 Å². The summed E-state index contributed by atoms with van der Waals surface area (Å²) in [6.45, 7) is 1.65. The fourth-order valence-corrected chi connectivity index (χ4v) is 5.64. The van der Waals surface area contributed by atoms with Gasteiger partial charge >= 0.3 is 0 Å². The van der Waals surface area contributed by atoms with Gasteiger partial charge in [0.05, 0.1) is 6.04 Å². The van der Waals surface area contributed by atoms with Crippen LogP contribution in [0.15, 0.2) is 41.3 Å². The quantitative estimate of drug-likeness (QED) is 0.814. The molecule has 2 aromatic rings. The first-order valence-corrected chi connectivity index (χ1v) is 11.0. The largest absolute Gasteiger partial charge is 0.357 e. The Morgan fingerprint density at radius 3 is 2.70 bits per heavy atom. The molecule has 1 aliphatic carbocycles. The van der Waals surface area contributed by atoms with Crippen LogP contribution in [0, 0.1) is 11.8 Å². The second-order valence-corrected chi connectivity index (χ2v) is 8.94. The summed E-state index contributed by atoms with van der Waals surface area (Å²) >= 11 is 0. The van der Waals surface area contributed by atoms with E-state index >= 15 is 0 Å². The molecule has 158 valence electrons. The van der Waals surface area contributed by atoms with Crippen molar-refractivity contribution in [2.45, 2.75) is 44.1 Å². The van der Waals surface area contributed by atoms with E-state index in [-0.39, 0.29) is 41.2 Å². The Labute approximate surface area is 175 Å². The summed E-state index contributed by atoms with van der Waals surface area (Å²) in [5.41, 5.74) is 1.54. The topological polar surface area (TPSA) is 87.2 Å². The molecule has 2 fully saturated rings. The lowest BCUT2D eigenvalue weighted by molar-refractivity contribution is -0.125. The normalized spacial score (nSPS) is 25.7. The molecule has 2 aliphatic heterocycles. The number of nitrogens with zero attached hydrogens (tertiary/aromatic N) is 2. The van der Waals surface area contributed by atoms with Gasteiger partial charge in [0.1, 0.15) is 5.69 Å². The van der Waals surface area contributed by atoms with Crippen LogP contribution in [0.3, 0.4) is 0 Å². The van der Waals surface area contributed by atoms with Gasteiger partial charge in [0.25, 0.3) is 11.5 Å². The monoisotopic (exact) mass is 408 g/mol. The van der Waals surface area contributed by atoms with E-state index in [1.54, 1.807) is 24.4 Å². The van der Waals surface area contributed by atoms with Gasteiger partial charge in [0, 0.05) is 49.4 Å². The standard InChI is InChI=1S/C23H28N4O3/c28-21-9-3-8-19-16-11-17(14-26(13-16)23(30)18-7-4-10-24-18)20(27(19)21)12-25-22(29)15-5-1-2-6-15/h3-4,7-10,15-17,20,24H,1-2,5-6,11-14H2,(H,25,29)/t16-,17+,20+/m1/s1. The maximum absolute atomic E-state index is 13.0. The number of pyridine rings is 1. The number of hydrogen-bond acceptors (Lipinski definition) is 3. The summed E-state index contributed by atoms with van der Waals surface area (Å²) in [5, 5.41) is 3.13. The van der Waals surface area contributed by atoms with Crippen molar-refractivity contribution in [2.24, 2.45) is 11.8 Å². The Hall–Kier alpha value is -2.83.